The first-order valence-corrected chi connectivity index (χ1v) is 5.71. The van der Waals surface area contributed by atoms with E-state index in [0.29, 0.717) is 11.2 Å². The van der Waals surface area contributed by atoms with Crippen LogP contribution in [-0.2, 0) is 4.79 Å². The Morgan fingerprint density at radius 2 is 1.93 bits per heavy atom. The van der Waals surface area contributed by atoms with E-state index in [4.69, 9.17) is 0 Å². The summed E-state index contributed by atoms with van der Waals surface area (Å²) in [7, 11) is 0. The van der Waals surface area contributed by atoms with Gasteiger partial charge in [0.1, 0.15) is 5.78 Å². The van der Waals surface area contributed by atoms with Crippen LogP contribution in [0.1, 0.15) is 52.9 Å². The maximum Gasteiger partial charge on any atom is 0.142 e. The third-order valence-corrected chi connectivity index (χ3v) is 4.21. The predicted molar refractivity (Wildman–Crippen MR) is 58.1 cm³/mol. The van der Waals surface area contributed by atoms with E-state index in [1.54, 1.807) is 0 Å². The summed E-state index contributed by atoms with van der Waals surface area (Å²) in [5.41, 5.74) is 1.57. The Labute approximate surface area is 86.6 Å². The predicted octanol–water partition coefficient (Wildman–Crippen LogP) is 3.49. The van der Waals surface area contributed by atoms with Crippen LogP contribution < -0.4 is 0 Å². The number of hydrogen-bond acceptors (Lipinski definition) is 1. The molecule has 0 heterocycles. The summed E-state index contributed by atoms with van der Waals surface area (Å²) in [6.07, 6.45) is 7.92. The van der Waals surface area contributed by atoms with Crippen molar-refractivity contribution in [1.29, 1.82) is 0 Å². The van der Waals surface area contributed by atoms with E-state index < -0.39 is 0 Å². The highest BCUT2D eigenvalue weighted by atomic mass is 16.1. The molecule has 0 aliphatic heterocycles. The lowest BCUT2D eigenvalue weighted by Crippen LogP contribution is -2.42. The highest BCUT2D eigenvalue weighted by Crippen LogP contribution is 2.53. The zero-order valence-electron chi connectivity index (χ0n) is 9.52. The molecule has 14 heavy (non-hydrogen) atoms. The van der Waals surface area contributed by atoms with Crippen LogP contribution in [-0.4, -0.2) is 5.78 Å². The molecule has 2 aliphatic rings. The summed E-state index contributed by atoms with van der Waals surface area (Å²) in [5.74, 6) is 0.433. The van der Waals surface area contributed by atoms with Crippen molar-refractivity contribution >= 4 is 5.78 Å². The second kappa shape index (κ2) is 2.95. The summed E-state index contributed by atoms with van der Waals surface area (Å²) in [6.45, 7) is 6.54. The zero-order chi connectivity index (χ0) is 10.4. The Morgan fingerprint density at radius 1 is 1.21 bits per heavy atom. The number of rotatable bonds is 0. The highest BCUT2D eigenvalue weighted by Gasteiger charge is 2.46. The van der Waals surface area contributed by atoms with Crippen LogP contribution in [0.4, 0.5) is 0 Å². The maximum absolute atomic E-state index is 11.9. The normalized spacial score (nSPS) is 36.2. The van der Waals surface area contributed by atoms with E-state index in [-0.39, 0.29) is 5.41 Å². The van der Waals surface area contributed by atoms with Crippen molar-refractivity contribution < 1.29 is 4.79 Å². The lowest BCUT2D eigenvalue weighted by Gasteiger charge is -2.47. The number of carbonyl (C=O) groups excluding carboxylic acids is 1. The quantitative estimate of drug-likeness (QED) is 0.537. The Hall–Kier alpha value is -0.590. The Kier molecular flexibility index (Phi) is 2.09. The molecule has 1 atom stereocenters. The third kappa shape index (κ3) is 1.25. The SMILES string of the molecule is CC12CCCC=C1C(C)(C)C(=O)CC2. The van der Waals surface area contributed by atoms with Crippen molar-refractivity contribution in [3.05, 3.63) is 11.6 Å². The molecule has 2 rings (SSSR count). The van der Waals surface area contributed by atoms with Gasteiger partial charge in [-0.3, -0.25) is 4.79 Å². The first-order valence-electron chi connectivity index (χ1n) is 5.71. The number of allylic oxidation sites excluding steroid dienone is 2. The molecule has 0 N–H and O–H groups in total. The summed E-state index contributed by atoms with van der Waals surface area (Å²) in [4.78, 5) is 11.9. The summed E-state index contributed by atoms with van der Waals surface area (Å²) in [6, 6.07) is 0. The van der Waals surface area contributed by atoms with Gasteiger partial charge in [0.2, 0.25) is 0 Å². The topological polar surface area (TPSA) is 17.1 Å². The highest BCUT2D eigenvalue weighted by molar-refractivity contribution is 5.88. The fourth-order valence-corrected chi connectivity index (χ4v) is 3.24. The van der Waals surface area contributed by atoms with Gasteiger partial charge < -0.3 is 0 Å². The molecule has 0 aromatic heterocycles. The fourth-order valence-electron chi connectivity index (χ4n) is 3.24. The minimum absolute atomic E-state index is 0.187. The largest absolute Gasteiger partial charge is 0.299 e. The van der Waals surface area contributed by atoms with Gasteiger partial charge in [0.25, 0.3) is 0 Å². The van der Waals surface area contributed by atoms with E-state index >= 15 is 0 Å². The van der Waals surface area contributed by atoms with E-state index in [2.05, 4.69) is 26.8 Å². The minimum atomic E-state index is -0.187. The van der Waals surface area contributed by atoms with Crippen molar-refractivity contribution in [1.82, 2.24) is 0 Å². The summed E-state index contributed by atoms with van der Waals surface area (Å²) in [5, 5.41) is 0. The van der Waals surface area contributed by atoms with Crippen molar-refractivity contribution in [2.45, 2.75) is 52.9 Å². The third-order valence-electron chi connectivity index (χ3n) is 4.21. The molecule has 1 unspecified atom stereocenters. The van der Waals surface area contributed by atoms with Gasteiger partial charge in [-0.2, -0.15) is 0 Å². The molecule has 0 bridgehead atoms. The van der Waals surface area contributed by atoms with Crippen molar-refractivity contribution in [2.24, 2.45) is 10.8 Å². The zero-order valence-corrected chi connectivity index (χ0v) is 9.52. The monoisotopic (exact) mass is 192 g/mol. The average Bonchev–Trinajstić information content (AvgIpc) is 2.13. The van der Waals surface area contributed by atoms with Gasteiger partial charge in [0.15, 0.2) is 0 Å². The van der Waals surface area contributed by atoms with Gasteiger partial charge in [-0.1, -0.05) is 18.6 Å². The van der Waals surface area contributed by atoms with Crippen molar-refractivity contribution in [3.63, 3.8) is 0 Å². The summed E-state index contributed by atoms with van der Waals surface area (Å²) < 4.78 is 0. The molecule has 1 fully saturated rings. The maximum atomic E-state index is 11.9. The Balaban J connectivity index is 2.44. The summed E-state index contributed by atoms with van der Waals surface area (Å²) >= 11 is 0. The molecule has 0 saturated heterocycles. The van der Waals surface area contributed by atoms with E-state index in [9.17, 15) is 4.79 Å². The molecule has 2 aliphatic carbocycles. The molecule has 0 aromatic rings. The van der Waals surface area contributed by atoms with Gasteiger partial charge in [-0.15, -0.1) is 0 Å². The number of hydrogen-bond donors (Lipinski definition) is 0. The van der Waals surface area contributed by atoms with Gasteiger partial charge in [0, 0.05) is 11.8 Å². The molecular formula is C13H20O. The van der Waals surface area contributed by atoms with Crippen molar-refractivity contribution in [2.75, 3.05) is 0 Å². The standard InChI is InChI=1S/C13H20O/c1-12(2)10-6-4-5-8-13(10,3)9-7-11(12)14/h6H,4-5,7-9H2,1-3H3. The smallest absolute Gasteiger partial charge is 0.142 e. The second-order valence-corrected chi connectivity index (χ2v) is 5.62. The van der Waals surface area contributed by atoms with E-state index in [0.717, 1.165) is 12.8 Å². The lowest BCUT2D eigenvalue weighted by atomic mass is 9.56. The van der Waals surface area contributed by atoms with Gasteiger partial charge >= 0.3 is 0 Å². The molecule has 1 saturated carbocycles. The molecule has 0 radical (unpaired) electrons. The Bertz CT molecular complexity index is 298. The van der Waals surface area contributed by atoms with Gasteiger partial charge in [0.05, 0.1) is 0 Å². The van der Waals surface area contributed by atoms with Gasteiger partial charge in [-0.05, 0) is 44.9 Å². The average molecular weight is 192 g/mol. The Morgan fingerprint density at radius 3 is 2.64 bits per heavy atom. The van der Waals surface area contributed by atoms with E-state index in [1.165, 1.54) is 24.8 Å². The van der Waals surface area contributed by atoms with Gasteiger partial charge in [-0.25, -0.2) is 0 Å². The molecular weight excluding hydrogens is 172 g/mol. The number of Topliss-reactive ketones (excluding diaryl/α,β-unsaturated/α-hetero) is 1. The number of carbonyl (C=O) groups is 1. The fraction of sp³-hybridized carbons (Fsp3) is 0.769. The van der Waals surface area contributed by atoms with Crippen LogP contribution >= 0.6 is 0 Å². The molecule has 1 nitrogen and oxygen atoms in total. The molecule has 1 heteroatoms. The molecule has 0 spiro atoms. The lowest BCUT2D eigenvalue weighted by molar-refractivity contribution is -0.128. The van der Waals surface area contributed by atoms with Crippen LogP contribution in [0.3, 0.4) is 0 Å². The van der Waals surface area contributed by atoms with Crippen molar-refractivity contribution in [3.8, 4) is 0 Å². The van der Waals surface area contributed by atoms with Crippen LogP contribution in [0.5, 0.6) is 0 Å². The van der Waals surface area contributed by atoms with Crippen LogP contribution in [0, 0.1) is 10.8 Å². The van der Waals surface area contributed by atoms with Crippen LogP contribution in [0.2, 0.25) is 0 Å². The minimum Gasteiger partial charge on any atom is -0.299 e. The first kappa shape index (κ1) is 9.95. The molecule has 0 aromatic carbocycles. The van der Waals surface area contributed by atoms with E-state index in [1.807, 2.05) is 0 Å². The number of fused-ring (bicyclic) bond motifs is 1. The molecule has 78 valence electrons. The number of ketones is 1. The van der Waals surface area contributed by atoms with Crippen LogP contribution in [0.15, 0.2) is 11.6 Å². The first-order chi connectivity index (χ1) is 6.47. The van der Waals surface area contributed by atoms with Crippen LogP contribution in [0.25, 0.3) is 0 Å². The molecule has 0 amide bonds. The second-order valence-electron chi connectivity index (χ2n) is 5.62.